The van der Waals surface area contributed by atoms with Crippen molar-refractivity contribution in [3.05, 3.63) is 83.3 Å². The highest BCUT2D eigenvalue weighted by molar-refractivity contribution is 5.72. The molecule has 6 nitrogen and oxygen atoms in total. The summed E-state index contributed by atoms with van der Waals surface area (Å²) in [6, 6.07) is 17.7. The molecule has 1 heterocycles. The van der Waals surface area contributed by atoms with Crippen molar-refractivity contribution >= 4 is 0 Å². The van der Waals surface area contributed by atoms with Crippen molar-refractivity contribution in [3.8, 4) is 45.7 Å². The van der Waals surface area contributed by atoms with Gasteiger partial charge in [0, 0.05) is 30.2 Å². The van der Waals surface area contributed by atoms with Crippen LogP contribution in [0.15, 0.2) is 54.6 Å². The Balaban J connectivity index is 1.52. The zero-order chi connectivity index (χ0) is 30.1. The monoisotopic (exact) mass is 566 g/mol. The fourth-order valence-electron chi connectivity index (χ4n) is 5.08. The first-order chi connectivity index (χ1) is 20.3. The maximum Gasteiger partial charge on any atom is 0.167 e. The number of benzene rings is 3. The maximum absolute atomic E-state index is 11.0. The van der Waals surface area contributed by atoms with Gasteiger partial charge in [-0.2, -0.15) is 0 Å². The zero-order valence-electron chi connectivity index (χ0n) is 25.9. The number of hydrogen-bond donors (Lipinski definition) is 1. The fraction of sp³-hybridized carbons (Fsp3) is 0.389. The molecular weight excluding hydrogens is 522 g/mol. The molecule has 1 N–H and O–H groups in total. The molecule has 0 aliphatic carbocycles. The van der Waals surface area contributed by atoms with Gasteiger partial charge in [-0.25, -0.2) is 15.0 Å². The predicted molar refractivity (Wildman–Crippen MR) is 171 cm³/mol. The molecule has 6 heteroatoms. The number of rotatable bonds is 14. The Kier molecular flexibility index (Phi) is 11.1. The molecule has 0 fully saturated rings. The lowest BCUT2D eigenvalue weighted by molar-refractivity contribution is 0.104. The average molecular weight is 567 g/mol. The molecule has 3 aromatic carbocycles. The van der Waals surface area contributed by atoms with Crippen molar-refractivity contribution in [1.29, 1.82) is 0 Å². The molecule has 1 unspecified atom stereocenters. The van der Waals surface area contributed by atoms with Gasteiger partial charge in [0.25, 0.3) is 0 Å². The molecule has 221 valence electrons. The summed E-state index contributed by atoms with van der Waals surface area (Å²) >= 11 is 0. The number of unbranched alkanes of at least 4 members (excludes halogenated alkanes) is 1. The van der Waals surface area contributed by atoms with Crippen molar-refractivity contribution in [2.45, 2.75) is 67.2 Å². The Labute approximate surface area is 251 Å². The zero-order valence-corrected chi connectivity index (χ0v) is 25.9. The standard InChI is InChI=1S/C36H44N3O3/c1-7-9-11-28(8-2)23-41-18-10-19-42-29-14-17-32(33(40)22-29)36-38-34(30-15-12-24(3)20-26(30)5)37-35(39-36)31-16-13-25(4)21-27(31)6/h10,12-17,20-22,28,40H,7-9,11,18-19,23H2,1-6H3. The molecule has 1 atom stereocenters. The summed E-state index contributed by atoms with van der Waals surface area (Å²) in [5.41, 5.74) is 6.90. The van der Waals surface area contributed by atoms with E-state index >= 15 is 0 Å². The van der Waals surface area contributed by atoms with Gasteiger partial charge in [-0.05, 0) is 63.3 Å². The smallest absolute Gasteiger partial charge is 0.167 e. The number of phenols is 1. The van der Waals surface area contributed by atoms with Crippen LogP contribution in [0.2, 0.25) is 0 Å². The number of ether oxygens (including phenoxy) is 2. The maximum atomic E-state index is 11.0. The average Bonchev–Trinajstić information content (AvgIpc) is 2.96. The van der Waals surface area contributed by atoms with Crippen molar-refractivity contribution in [3.63, 3.8) is 0 Å². The number of aromatic hydroxyl groups is 1. The summed E-state index contributed by atoms with van der Waals surface area (Å²) in [6.45, 7) is 14.4. The Bertz CT molecular complexity index is 1410. The van der Waals surface area contributed by atoms with Crippen molar-refractivity contribution in [1.82, 2.24) is 15.0 Å². The number of aromatic nitrogens is 3. The molecule has 0 bridgehead atoms. The van der Waals surface area contributed by atoms with Gasteiger partial charge in [-0.1, -0.05) is 80.6 Å². The van der Waals surface area contributed by atoms with E-state index in [4.69, 9.17) is 24.4 Å². The van der Waals surface area contributed by atoms with E-state index in [2.05, 4.69) is 65.8 Å². The molecule has 0 amide bonds. The molecule has 1 radical (unpaired) electrons. The van der Waals surface area contributed by atoms with Gasteiger partial charge >= 0.3 is 0 Å². The van der Waals surface area contributed by atoms with E-state index in [1.807, 2.05) is 24.6 Å². The van der Waals surface area contributed by atoms with E-state index in [0.29, 0.717) is 47.9 Å². The summed E-state index contributed by atoms with van der Waals surface area (Å²) in [7, 11) is 0. The lowest BCUT2D eigenvalue weighted by Crippen LogP contribution is -2.11. The lowest BCUT2D eigenvalue weighted by atomic mass is 10.0. The highest BCUT2D eigenvalue weighted by Gasteiger charge is 2.17. The summed E-state index contributed by atoms with van der Waals surface area (Å²) < 4.78 is 11.7. The van der Waals surface area contributed by atoms with Crippen molar-refractivity contribution < 1.29 is 14.6 Å². The van der Waals surface area contributed by atoms with Crippen LogP contribution in [0.1, 0.15) is 61.8 Å². The molecule has 0 saturated heterocycles. The second-order valence-corrected chi connectivity index (χ2v) is 11.2. The largest absolute Gasteiger partial charge is 0.507 e. The molecule has 1 aromatic heterocycles. The first kappa shape index (κ1) is 31.2. The minimum absolute atomic E-state index is 0.0508. The van der Waals surface area contributed by atoms with Crippen LogP contribution in [0.25, 0.3) is 34.2 Å². The van der Waals surface area contributed by atoms with E-state index in [1.165, 1.54) is 30.4 Å². The lowest BCUT2D eigenvalue weighted by Gasteiger charge is -2.15. The Morgan fingerprint density at radius 1 is 0.738 bits per heavy atom. The number of aryl methyl sites for hydroxylation is 4. The topological polar surface area (TPSA) is 77.4 Å². The first-order valence-corrected chi connectivity index (χ1v) is 15.1. The van der Waals surface area contributed by atoms with E-state index in [0.717, 1.165) is 35.3 Å². The van der Waals surface area contributed by atoms with Gasteiger partial charge in [0.05, 0.1) is 18.8 Å². The summed E-state index contributed by atoms with van der Waals surface area (Å²) in [6.07, 6.45) is 6.79. The van der Waals surface area contributed by atoms with Crippen LogP contribution in [0.3, 0.4) is 0 Å². The van der Waals surface area contributed by atoms with E-state index in [1.54, 1.807) is 12.1 Å². The van der Waals surface area contributed by atoms with Crippen LogP contribution in [0, 0.1) is 40.0 Å². The summed E-state index contributed by atoms with van der Waals surface area (Å²) in [5.74, 6) is 2.79. The van der Waals surface area contributed by atoms with Crippen LogP contribution in [-0.2, 0) is 4.74 Å². The van der Waals surface area contributed by atoms with E-state index in [-0.39, 0.29) is 5.75 Å². The molecule has 0 saturated carbocycles. The third kappa shape index (κ3) is 8.16. The van der Waals surface area contributed by atoms with Crippen LogP contribution < -0.4 is 4.74 Å². The van der Waals surface area contributed by atoms with Gasteiger partial charge in [0.2, 0.25) is 0 Å². The Morgan fingerprint density at radius 3 is 1.83 bits per heavy atom. The van der Waals surface area contributed by atoms with E-state index in [9.17, 15) is 5.11 Å². The molecule has 4 aromatic rings. The molecule has 42 heavy (non-hydrogen) atoms. The van der Waals surface area contributed by atoms with Gasteiger partial charge < -0.3 is 14.6 Å². The minimum Gasteiger partial charge on any atom is -0.507 e. The highest BCUT2D eigenvalue weighted by Crippen LogP contribution is 2.34. The normalized spacial score (nSPS) is 12.0. The van der Waals surface area contributed by atoms with Gasteiger partial charge in [0.1, 0.15) is 11.5 Å². The Hall–Kier alpha value is -3.77. The SMILES string of the molecule is CCCCC(CC)COC[CH]COc1ccc(-c2nc(-c3ccc(C)cc3C)nc(-c3ccc(C)cc3C)n2)c(O)c1. The summed E-state index contributed by atoms with van der Waals surface area (Å²) in [4.78, 5) is 14.5. The highest BCUT2D eigenvalue weighted by atomic mass is 16.5. The summed E-state index contributed by atoms with van der Waals surface area (Å²) in [5, 5.41) is 11.0. The van der Waals surface area contributed by atoms with Crippen LogP contribution in [0.4, 0.5) is 0 Å². The molecule has 4 rings (SSSR count). The quantitative estimate of drug-likeness (QED) is 0.154. The first-order valence-electron chi connectivity index (χ1n) is 15.1. The van der Waals surface area contributed by atoms with Gasteiger partial charge in [-0.3, -0.25) is 0 Å². The van der Waals surface area contributed by atoms with E-state index < -0.39 is 0 Å². The second-order valence-electron chi connectivity index (χ2n) is 11.2. The second kappa shape index (κ2) is 14.9. The number of nitrogens with zero attached hydrogens (tertiary/aromatic N) is 3. The number of phenolic OH excluding ortho intramolecular Hbond substituents is 1. The predicted octanol–water partition coefficient (Wildman–Crippen LogP) is 8.63. The third-order valence-electron chi connectivity index (χ3n) is 7.59. The molecule has 0 aliphatic heterocycles. The van der Waals surface area contributed by atoms with Crippen LogP contribution in [0.5, 0.6) is 11.5 Å². The Morgan fingerprint density at radius 2 is 1.31 bits per heavy atom. The fourth-order valence-corrected chi connectivity index (χ4v) is 5.08. The molecule has 0 spiro atoms. The third-order valence-corrected chi connectivity index (χ3v) is 7.59. The van der Waals surface area contributed by atoms with Crippen LogP contribution >= 0.6 is 0 Å². The minimum atomic E-state index is 0.0508. The van der Waals surface area contributed by atoms with Crippen LogP contribution in [-0.4, -0.2) is 39.9 Å². The molecule has 0 aliphatic rings. The van der Waals surface area contributed by atoms with Gasteiger partial charge in [0.15, 0.2) is 17.5 Å². The number of hydrogen-bond acceptors (Lipinski definition) is 6. The molecular formula is C36H44N3O3. The van der Waals surface area contributed by atoms with Crippen molar-refractivity contribution in [2.75, 3.05) is 19.8 Å². The van der Waals surface area contributed by atoms with Gasteiger partial charge in [-0.15, -0.1) is 0 Å². The van der Waals surface area contributed by atoms with Crippen molar-refractivity contribution in [2.24, 2.45) is 5.92 Å².